The number of nitrogens with two attached hydrogens (primary N) is 1. The molecule has 0 saturated carbocycles. The Labute approximate surface area is 160 Å². The van der Waals surface area contributed by atoms with E-state index in [9.17, 15) is 5.11 Å². The van der Waals surface area contributed by atoms with E-state index in [2.05, 4.69) is 43.4 Å². The molecule has 5 atom stereocenters. The number of halogens is 2. The van der Waals surface area contributed by atoms with Crippen LogP contribution in [-0.4, -0.2) is 11.2 Å². The van der Waals surface area contributed by atoms with Crippen LogP contribution in [-0.2, 0) is 0 Å². The lowest BCUT2D eigenvalue weighted by Gasteiger charge is -2.43. The average Bonchev–Trinajstić information content (AvgIpc) is 2.62. The number of aliphatic hydroxyl groups excluding tert-OH is 1. The summed E-state index contributed by atoms with van der Waals surface area (Å²) in [6, 6.07) is 16.5. The number of piperidine rings is 1. The maximum absolute atomic E-state index is 11.1. The minimum Gasteiger partial charge on any atom is -0.392 e. The van der Waals surface area contributed by atoms with Gasteiger partial charge in [0.15, 0.2) is 0 Å². The van der Waals surface area contributed by atoms with E-state index in [1.54, 1.807) is 0 Å². The van der Waals surface area contributed by atoms with Crippen LogP contribution in [0.25, 0.3) is 0 Å². The summed E-state index contributed by atoms with van der Waals surface area (Å²) in [7, 11) is 0. The second kappa shape index (κ2) is 8.09. The summed E-state index contributed by atoms with van der Waals surface area (Å²) in [5.74, 6) is 0.462. The molecule has 0 aromatic heterocycles. The third-order valence-electron chi connectivity index (χ3n) is 5.67. The summed E-state index contributed by atoms with van der Waals surface area (Å²) in [6.45, 7) is 4.33. The van der Waals surface area contributed by atoms with Gasteiger partial charge in [0, 0.05) is 33.0 Å². The molecule has 0 radical (unpaired) electrons. The van der Waals surface area contributed by atoms with E-state index in [0.717, 1.165) is 22.9 Å². The third-order valence-corrected chi connectivity index (χ3v) is 6.17. The van der Waals surface area contributed by atoms with Gasteiger partial charge < -0.3 is 10.4 Å². The van der Waals surface area contributed by atoms with Crippen LogP contribution in [0.2, 0.25) is 10.0 Å². The largest absolute Gasteiger partial charge is 0.392 e. The SMILES string of the molecule is CC[C@@H]1C(O)[C@H](CC)[C@H](c2ccc(Cl)cc2)[NH2+][C@@H]1c1ccc(Cl)cc1. The van der Waals surface area contributed by atoms with Crippen LogP contribution in [0, 0.1) is 11.8 Å². The van der Waals surface area contributed by atoms with Gasteiger partial charge in [-0.3, -0.25) is 0 Å². The summed E-state index contributed by atoms with van der Waals surface area (Å²) in [5.41, 5.74) is 2.45. The number of hydrogen-bond acceptors (Lipinski definition) is 1. The smallest absolute Gasteiger partial charge is 0.117 e. The Morgan fingerprint density at radius 2 is 1.12 bits per heavy atom. The molecule has 3 rings (SSSR count). The van der Waals surface area contributed by atoms with Crippen molar-refractivity contribution in [2.45, 2.75) is 44.9 Å². The normalized spacial score (nSPS) is 29.6. The van der Waals surface area contributed by atoms with E-state index < -0.39 is 0 Å². The van der Waals surface area contributed by atoms with Crippen molar-refractivity contribution >= 4 is 23.2 Å². The summed E-state index contributed by atoms with van der Waals surface area (Å²) >= 11 is 12.1. The Hall–Kier alpha value is -1.06. The fourth-order valence-electron chi connectivity index (χ4n) is 4.33. The van der Waals surface area contributed by atoms with Crippen LogP contribution in [0.4, 0.5) is 0 Å². The van der Waals surface area contributed by atoms with Crippen LogP contribution >= 0.6 is 23.2 Å². The molecule has 1 aliphatic heterocycles. The summed E-state index contributed by atoms with van der Waals surface area (Å²) < 4.78 is 0. The van der Waals surface area contributed by atoms with Gasteiger partial charge in [-0.1, -0.05) is 61.3 Å². The predicted octanol–water partition coefficient (Wildman–Crippen LogP) is 4.77. The molecule has 1 fully saturated rings. The molecule has 0 amide bonds. The van der Waals surface area contributed by atoms with E-state index in [1.807, 2.05) is 24.3 Å². The molecule has 2 aromatic rings. The maximum atomic E-state index is 11.1. The number of aliphatic hydroxyl groups is 1. The van der Waals surface area contributed by atoms with E-state index in [0.29, 0.717) is 0 Å². The van der Waals surface area contributed by atoms with Crippen molar-refractivity contribution < 1.29 is 10.4 Å². The van der Waals surface area contributed by atoms with Gasteiger partial charge in [0.2, 0.25) is 0 Å². The molecule has 0 bridgehead atoms. The number of quaternary nitrogens is 1. The van der Waals surface area contributed by atoms with Crippen molar-refractivity contribution in [1.29, 1.82) is 0 Å². The van der Waals surface area contributed by atoms with Gasteiger partial charge in [-0.15, -0.1) is 0 Å². The van der Waals surface area contributed by atoms with Gasteiger partial charge in [-0.2, -0.15) is 0 Å². The first-order chi connectivity index (χ1) is 12.0. The summed E-state index contributed by atoms with van der Waals surface area (Å²) in [6.07, 6.45) is 1.59. The van der Waals surface area contributed by atoms with Crippen molar-refractivity contribution in [1.82, 2.24) is 0 Å². The van der Waals surface area contributed by atoms with Crippen molar-refractivity contribution in [3.63, 3.8) is 0 Å². The van der Waals surface area contributed by atoms with Crippen LogP contribution in [0.3, 0.4) is 0 Å². The number of hydrogen-bond donors (Lipinski definition) is 2. The average molecular weight is 379 g/mol. The van der Waals surface area contributed by atoms with Crippen molar-refractivity contribution in [3.8, 4) is 0 Å². The zero-order valence-corrected chi connectivity index (χ0v) is 16.2. The molecule has 1 saturated heterocycles. The molecule has 25 heavy (non-hydrogen) atoms. The molecule has 4 heteroatoms. The van der Waals surface area contributed by atoms with Crippen molar-refractivity contribution in [2.24, 2.45) is 11.8 Å². The summed E-state index contributed by atoms with van der Waals surface area (Å²) in [5, 5.41) is 15.0. The first kappa shape index (κ1) is 18.7. The van der Waals surface area contributed by atoms with Crippen LogP contribution in [0.1, 0.15) is 49.9 Å². The first-order valence-corrected chi connectivity index (χ1v) is 9.84. The molecule has 2 nitrogen and oxygen atoms in total. The molecular weight excluding hydrogens is 353 g/mol. The Morgan fingerprint density at radius 3 is 1.44 bits per heavy atom. The van der Waals surface area contributed by atoms with E-state index in [1.165, 1.54) is 11.1 Å². The Bertz CT molecular complexity index is 627. The molecule has 1 heterocycles. The topological polar surface area (TPSA) is 36.8 Å². The second-order valence-electron chi connectivity index (χ2n) is 6.98. The Morgan fingerprint density at radius 1 is 0.760 bits per heavy atom. The standard InChI is InChI=1S/C21H25Cl2NO/c1-3-17-19(13-5-9-15(22)10-6-13)24-20(18(4-2)21(17)25)14-7-11-16(23)12-8-14/h5-12,17-21,24-25H,3-4H2,1-2H3/p+1/t17-,18+,19+,20-,21?. The third kappa shape index (κ3) is 3.88. The highest BCUT2D eigenvalue weighted by molar-refractivity contribution is 6.30. The van der Waals surface area contributed by atoms with Gasteiger partial charge in [0.05, 0.1) is 6.10 Å². The fraction of sp³-hybridized carbons (Fsp3) is 0.429. The predicted molar refractivity (Wildman–Crippen MR) is 104 cm³/mol. The Kier molecular flexibility index (Phi) is 6.06. The highest BCUT2D eigenvalue weighted by Crippen LogP contribution is 2.39. The zero-order valence-electron chi connectivity index (χ0n) is 14.7. The van der Waals surface area contributed by atoms with Gasteiger partial charge >= 0.3 is 0 Å². The van der Waals surface area contributed by atoms with Gasteiger partial charge in [-0.25, -0.2) is 0 Å². The summed E-state index contributed by atoms with van der Waals surface area (Å²) in [4.78, 5) is 0. The molecule has 0 aliphatic carbocycles. The lowest BCUT2D eigenvalue weighted by atomic mass is 9.71. The fourth-order valence-corrected chi connectivity index (χ4v) is 4.58. The van der Waals surface area contributed by atoms with Crippen LogP contribution < -0.4 is 5.32 Å². The highest BCUT2D eigenvalue weighted by Gasteiger charge is 2.46. The molecule has 2 aromatic carbocycles. The van der Waals surface area contributed by atoms with E-state index in [-0.39, 0.29) is 30.0 Å². The molecule has 134 valence electrons. The zero-order chi connectivity index (χ0) is 18.0. The van der Waals surface area contributed by atoms with Crippen molar-refractivity contribution in [3.05, 3.63) is 69.7 Å². The molecule has 3 N–H and O–H groups in total. The molecule has 1 unspecified atom stereocenters. The van der Waals surface area contributed by atoms with Crippen LogP contribution in [0.15, 0.2) is 48.5 Å². The maximum Gasteiger partial charge on any atom is 0.117 e. The minimum atomic E-state index is -0.318. The van der Waals surface area contributed by atoms with E-state index in [4.69, 9.17) is 23.2 Å². The van der Waals surface area contributed by atoms with Gasteiger partial charge in [-0.05, 0) is 37.1 Å². The lowest BCUT2D eigenvalue weighted by Crippen LogP contribution is -2.92. The number of benzene rings is 2. The van der Waals surface area contributed by atoms with Gasteiger partial charge in [0.1, 0.15) is 12.1 Å². The van der Waals surface area contributed by atoms with Crippen LogP contribution in [0.5, 0.6) is 0 Å². The lowest BCUT2D eigenvalue weighted by molar-refractivity contribution is -0.761. The number of rotatable bonds is 4. The monoisotopic (exact) mass is 378 g/mol. The minimum absolute atomic E-state index is 0.223. The van der Waals surface area contributed by atoms with Gasteiger partial charge in [0.25, 0.3) is 0 Å². The molecule has 0 spiro atoms. The van der Waals surface area contributed by atoms with E-state index >= 15 is 0 Å². The van der Waals surface area contributed by atoms with Crippen molar-refractivity contribution in [2.75, 3.05) is 0 Å². The first-order valence-electron chi connectivity index (χ1n) is 9.09. The quantitative estimate of drug-likeness (QED) is 0.789. The Balaban J connectivity index is 1.97. The highest BCUT2D eigenvalue weighted by atomic mass is 35.5. The molecular formula is C21H26Cl2NO+. The molecule has 1 aliphatic rings. The second-order valence-corrected chi connectivity index (χ2v) is 7.85.